The molecular formula is C21H27N5O. The van der Waals surface area contributed by atoms with Crippen molar-refractivity contribution in [3.05, 3.63) is 53.9 Å². The first kappa shape index (κ1) is 18.0. The summed E-state index contributed by atoms with van der Waals surface area (Å²) in [6.45, 7) is 6.34. The van der Waals surface area contributed by atoms with Crippen LogP contribution in [0, 0.1) is 12.3 Å². The van der Waals surface area contributed by atoms with Crippen LogP contribution in [0.15, 0.2) is 36.8 Å². The molecule has 27 heavy (non-hydrogen) atoms. The number of rotatable bonds is 4. The number of carbonyl (C=O) groups excluding carboxylic acids is 1. The fourth-order valence-corrected chi connectivity index (χ4v) is 4.44. The highest BCUT2D eigenvalue weighted by molar-refractivity contribution is 5.77. The van der Waals surface area contributed by atoms with Crippen LogP contribution in [-0.2, 0) is 17.9 Å². The average molecular weight is 365 g/mol. The van der Waals surface area contributed by atoms with Gasteiger partial charge in [-0.25, -0.2) is 0 Å². The lowest BCUT2D eigenvalue weighted by Crippen LogP contribution is -2.53. The number of likely N-dealkylation sites (tertiary alicyclic amines) is 2. The van der Waals surface area contributed by atoms with Crippen molar-refractivity contribution in [3.63, 3.8) is 0 Å². The summed E-state index contributed by atoms with van der Waals surface area (Å²) in [6, 6.07) is 6.10. The van der Waals surface area contributed by atoms with Crippen molar-refractivity contribution in [2.45, 2.75) is 45.7 Å². The molecule has 0 unspecified atom stereocenters. The van der Waals surface area contributed by atoms with Gasteiger partial charge in [0.25, 0.3) is 0 Å². The molecule has 4 heterocycles. The fourth-order valence-electron chi connectivity index (χ4n) is 4.44. The number of pyridine rings is 1. The molecule has 0 aliphatic carbocycles. The Morgan fingerprint density at radius 3 is 2.74 bits per heavy atom. The Labute approximate surface area is 160 Å². The van der Waals surface area contributed by atoms with Crippen LogP contribution < -0.4 is 0 Å². The van der Waals surface area contributed by atoms with Gasteiger partial charge in [-0.05, 0) is 44.9 Å². The molecule has 6 nitrogen and oxygen atoms in total. The molecular weight excluding hydrogens is 338 g/mol. The maximum absolute atomic E-state index is 12.5. The summed E-state index contributed by atoms with van der Waals surface area (Å²) >= 11 is 0. The van der Waals surface area contributed by atoms with E-state index in [1.165, 1.54) is 12.8 Å². The predicted molar refractivity (Wildman–Crippen MR) is 103 cm³/mol. The summed E-state index contributed by atoms with van der Waals surface area (Å²) in [7, 11) is 0. The Balaban J connectivity index is 1.43. The monoisotopic (exact) mass is 365 g/mol. The van der Waals surface area contributed by atoms with Gasteiger partial charge in [0.2, 0.25) is 5.91 Å². The molecule has 142 valence electrons. The molecule has 4 rings (SSSR count). The molecule has 6 heteroatoms. The van der Waals surface area contributed by atoms with Gasteiger partial charge in [-0.2, -0.15) is 0 Å². The van der Waals surface area contributed by atoms with E-state index in [0.29, 0.717) is 13.0 Å². The van der Waals surface area contributed by atoms with Crippen molar-refractivity contribution < 1.29 is 4.79 Å². The third kappa shape index (κ3) is 4.33. The minimum atomic E-state index is 0.194. The first-order valence-electron chi connectivity index (χ1n) is 9.80. The van der Waals surface area contributed by atoms with Crippen LogP contribution in [0.4, 0.5) is 0 Å². The summed E-state index contributed by atoms with van der Waals surface area (Å²) in [6.07, 6.45) is 9.41. The normalized spacial score (nSPS) is 23.7. The van der Waals surface area contributed by atoms with Crippen LogP contribution in [-0.4, -0.2) is 50.3 Å². The van der Waals surface area contributed by atoms with Crippen molar-refractivity contribution in [2.75, 3.05) is 19.6 Å². The number of hydrogen-bond donors (Lipinski definition) is 0. The summed E-state index contributed by atoms with van der Waals surface area (Å²) in [5, 5.41) is 0. The molecule has 0 N–H and O–H groups in total. The minimum absolute atomic E-state index is 0.194. The molecule has 0 saturated carbocycles. The molecule has 0 aromatic carbocycles. The van der Waals surface area contributed by atoms with Gasteiger partial charge in [0.05, 0.1) is 29.8 Å². The standard InChI is InChI=1S/C21H27N5O/c1-17-11-24-19(12-23-17)14-26-16-21(8-6-20(26)27)7-4-10-25(15-21)13-18-5-2-3-9-22-18/h2-3,5,9,11-12H,4,6-8,10,13-16H2,1H3/t21-/m1/s1. The van der Waals surface area contributed by atoms with E-state index in [1.807, 2.05) is 30.2 Å². The maximum Gasteiger partial charge on any atom is 0.222 e. The quantitative estimate of drug-likeness (QED) is 0.833. The molecule has 0 bridgehead atoms. The Hall–Kier alpha value is -2.34. The van der Waals surface area contributed by atoms with E-state index >= 15 is 0 Å². The topological polar surface area (TPSA) is 62.2 Å². The smallest absolute Gasteiger partial charge is 0.222 e. The molecule has 2 aromatic heterocycles. The van der Waals surface area contributed by atoms with Gasteiger partial charge in [0.15, 0.2) is 0 Å². The summed E-state index contributed by atoms with van der Waals surface area (Å²) < 4.78 is 0. The Kier molecular flexibility index (Phi) is 5.16. The van der Waals surface area contributed by atoms with Gasteiger partial charge in [-0.1, -0.05) is 6.07 Å². The Morgan fingerprint density at radius 2 is 1.96 bits per heavy atom. The molecule has 2 aliphatic rings. The second kappa shape index (κ2) is 7.72. The van der Waals surface area contributed by atoms with Crippen molar-refractivity contribution in [1.29, 1.82) is 0 Å². The number of hydrogen-bond acceptors (Lipinski definition) is 5. The molecule has 2 aromatic rings. The van der Waals surface area contributed by atoms with Gasteiger partial charge >= 0.3 is 0 Å². The van der Waals surface area contributed by atoms with E-state index in [1.54, 1.807) is 12.4 Å². The zero-order chi connectivity index (χ0) is 18.7. The van der Waals surface area contributed by atoms with Crippen LogP contribution in [0.5, 0.6) is 0 Å². The Bertz CT molecular complexity index is 779. The molecule has 0 radical (unpaired) electrons. The Morgan fingerprint density at radius 1 is 1.04 bits per heavy atom. The predicted octanol–water partition coefficient (Wildman–Crippen LogP) is 2.58. The zero-order valence-corrected chi connectivity index (χ0v) is 16.0. The third-order valence-electron chi connectivity index (χ3n) is 5.79. The van der Waals surface area contributed by atoms with Gasteiger partial charge in [-0.3, -0.25) is 24.6 Å². The molecule has 2 aliphatic heterocycles. The number of amides is 1. The molecule has 1 amide bonds. The summed E-state index contributed by atoms with van der Waals surface area (Å²) in [5.74, 6) is 0.241. The number of aromatic nitrogens is 3. The maximum atomic E-state index is 12.5. The van der Waals surface area contributed by atoms with E-state index in [0.717, 1.165) is 49.7 Å². The zero-order valence-electron chi connectivity index (χ0n) is 16.0. The van der Waals surface area contributed by atoms with Gasteiger partial charge in [0.1, 0.15) is 0 Å². The third-order valence-corrected chi connectivity index (χ3v) is 5.79. The lowest BCUT2D eigenvalue weighted by molar-refractivity contribution is -0.140. The van der Waals surface area contributed by atoms with Crippen molar-refractivity contribution in [2.24, 2.45) is 5.41 Å². The first-order chi connectivity index (χ1) is 13.1. The largest absolute Gasteiger partial charge is 0.336 e. The molecule has 1 atom stereocenters. The molecule has 1 spiro atoms. The average Bonchev–Trinajstić information content (AvgIpc) is 2.68. The van der Waals surface area contributed by atoms with Gasteiger partial charge in [0, 0.05) is 43.9 Å². The number of carbonyl (C=O) groups is 1. The fraction of sp³-hybridized carbons (Fsp3) is 0.524. The van der Waals surface area contributed by atoms with E-state index in [4.69, 9.17) is 0 Å². The summed E-state index contributed by atoms with van der Waals surface area (Å²) in [4.78, 5) is 30.2. The number of nitrogens with zero attached hydrogens (tertiary/aromatic N) is 5. The highest BCUT2D eigenvalue weighted by atomic mass is 16.2. The second-order valence-corrected chi connectivity index (χ2v) is 8.03. The van der Waals surface area contributed by atoms with Crippen molar-refractivity contribution in [1.82, 2.24) is 24.8 Å². The van der Waals surface area contributed by atoms with E-state index < -0.39 is 0 Å². The second-order valence-electron chi connectivity index (χ2n) is 8.03. The van der Waals surface area contributed by atoms with E-state index in [9.17, 15) is 4.79 Å². The van der Waals surface area contributed by atoms with Gasteiger partial charge < -0.3 is 4.90 Å². The van der Waals surface area contributed by atoms with E-state index in [-0.39, 0.29) is 11.3 Å². The minimum Gasteiger partial charge on any atom is -0.336 e. The van der Waals surface area contributed by atoms with Crippen LogP contribution in [0.1, 0.15) is 42.8 Å². The van der Waals surface area contributed by atoms with E-state index in [2.05, 4.69) is 25.9 Å². The lowest BCUT2D eigenvalue weighted by Gasteiger charge is -2.48. The lowest BCUT2D eigenvalue weighted by atomic mass is 9.73. The highest BCUT2D eigenvalue weighted by Crippen LogP contribution is 2.39. The first-order valence-corrected chi connectivity index (χ1v) is 9.80. The van der Waals surface area contributed by atoms with Crippen LogP contribution in [0.2, 0.25) is 0 Å². The van der Waals surface area contributed by atoms with Crippen LogP contribution in [0.25, 0.3) is 0 Å². The summed E-state index contributed by atoms with van der Waals surface area (Å²) in [5.41, 5.74) is 3.08. The van der Waals surface area contributed by atoms with Gasteiger partial charge in [-0.15, -0.1) is 0 Å². The SMILES string of the molecule is Cc1cnc(CN2C[C@]3(CCCN(Cc4ccccn4)C3)CCC2=O)cn1. The highest BCUT2D eigenvalue weighted by Gasteiger charge is 2.41. The van der Waals surface area contributed by atoms with Crippen LogP contribution >= 0.6 is 0 Å². The molecule has 2 fully saturated rings. The van der Waals surface area contributed by atoms with Crippen LogP contribution in [0.3, 0.4) is 0 Å². The number of aryl methyl sites for hydroxylation is 1. The molecule has 2 saturated heterocycles. The van der Waals surface area contributed by atoms with Crippen molar-refractivity contribution >= 4 is 5.91 Å². The number of piperidine rings is 2. The van der Waals surface area contributed by atoms with Crippen molar-refractivity contribution in [3.8, 4) is 0 Å².